The van der Waals surface area contributed by atoms with Gasteiger partial charge in [0.1, 0.15) is 6.29 Å². The van der Waals surface area contributed by atoms with Gasteiger partial charge in [-0.25, -0.2) is 4.79 Å². The molecule has 0 saturated carbocycles. The molecule has 0 aliphatic heterocycles. The molecule has 32 heavy (non-hydrogen) atoms. The van der Waals surface area contributed by atoms with Crippen LogP contribution in [0.5, 0.6) is 0 Å². The first-order chi connectivity index (χ1) is 14.9. The molecule has 1 aliphatic carbocycles. The maximum Gasteiger partial charge on any atom is 0.331 e. The summed E-state index contributed by atoms with van der Waals surface area (Å²) in [6.07, 6.45) is 7.96. The Labute approximate surface area is 188 Å². The van der Waals surface area contributed by atoms with Crippen molar-refractivity contribution in [2.45, 2.75) is 39.5 Å². The molecule has 0 fully saturated rings. The molecular weight excluding hydrogens is 428 g/mol. The SMILES string of the molecule is CC1(C(=O)O)C=CC=C(C(=O)O)C1.C[Si](C)(C)COCCn1ncc2cc(C=O)ccc21. The largest absolute Gasteiger partial charge is 0.481 e. The van der Waals surface area contributed by atoms with E-state index in [4.69, 9.17) is 14.9 Å². The van der Waals surface area contributed by atoms with Crippen LogP contribution >= 0.6 is 0 Å². The lowest BCUT2D eigenvalue weighted by molar-refractivity contribution is -0.145. The van der Waals surface area contributed by atoms with Gasteiger partial charge in [0.25, 0.3) is 0 Å². The first-order valence-corrected chi connectivity index (χ1v) is 14.0. The van der Waals surface area contributed by atoms with Crippen molar-refractivity contribution in [3.63, 3.8) is 0 Å². The number of aliphatic carboxylic acids is 2. The molecule has 172 valence electrons. The minimum Gasteiger partial charge on any atom is -0.481 e. The van der Waals surface area contributed by atoms with Gasteiger partial charge in [0.2, 0.25) is 0 Å². The highest BCUT2D eigenvalue weighted by Crippen LogP contribution is 2.31. The Bertz CT molecular complexity index is 1050. The average molecular weight is 459 g/mol. The highest BCUT2D eigenvalue weighted by molar-refractivity contribution is 6.76. The lowest BCUT2D eigenvalue weighted by atomic mass is 9.80. The van der Waals surface area contributed by atoms with Crippen molar-refractivity contribution in [1.82, 2.24) is 9.78 Å². The van der Waals surface area contributed by atoms with Crippen molar-refractivity contribution in [1.29, 1.82) is 0 Å². The van der Waals surface area contributed by atoms with Crippen molar-refractivity contribution in [3.8, 4) is 0 Å². The quantitative estimate of drug-likeness (QED) is 0.351. The number of ether oxygens (including phenoxy) is 1. The number of carbonyl (C=O) groups is 3. The van der Waals surface area contributed by atoms with Crippen LogP contribution in [0.15, 0.2) is 48.2 Å². The Morgan fingerprint density at radius 1 is 1.28 bits per heavy atom. The van der Waals surface area contributed by atoms with Crippen LogP contribution in [0.4, 0.5) is 0 Å². The van der Waals surface area contributed by atoms with Gasteiger partial charge in [-0.15, -0.1) is 0 Å². The van der Waals surface area contributed by atoms with E-state index in [1.165, 1.54) is 25.2 Å². The molecule has 1 aromatic carbocycles. The first kappa shape index (κ1) is 25.2. The molecule has 2 N–H and O–H groups in total. The van der Waals surface area contributed by atoms with E-state index in [0.717, 1.165) is 30.0 Å². The number of fused-ring (bicyclic) bond motifs is 1. The standard InChI is InChI=1S/C14H20N2O2Si.C9H10O4/c1-19(2,3)11-18-7-6-16-14-5-4-12(10-17)8-13(14)9-15-16;1-9(8(12)13)4-2-3-6(5-9)7(10)11/h4-5,8-10H,6-7,11H2,1-3H3;2-4H,5H2,1H3,(H,10,11)(H,12,13). The van der Waals surface area contributed by atoms with Gasteiger partial charge in [0.05, 0.1) is 38.4 Å². The maximum atomic E-state index is 10.8. The Morgan fingerprint density at radius 3 is 2.59 bits per heavy atom. The lowest BCUT2D eigenvalue weighted by Crippen LogP contribution is -2.29. The van der Waals surface area contributed by atoms with E-state index in [0.29, 0.717) is 12.2 Å². The molecule has 3 rings (SSSR count). The van der Waals surface area contributed by atoms with Crippen LogP contribution < -0.4 is 0 Å². The molecule has 8 nitrogen and oxygen atoms in total. The summed E-state index contributed by atoms with van der Waals surface area (Å²) in [7, 11) is -1.14. The minimum atomic E-state index is -1.14. The van der Waals surface area contributed by atoms with Crippen LogP contribution in [0.2, 0.25) is 19.6 Å². The third-order valence-corrected chi connectivity index (χ3v) is 5.94. The van der Waals surface area contributed by atoms with Gasteiger partial charge >= 0.3 is 11.9 Å². The van der Waals surface area contributed by atoms with E-state index >= 15 is 0 Å². The van der Waals surface area contributed by atoms with Gasteiger partial charge in [0, 0.05) is 22.8 Å². The summed E-state index contributed by atoms with van der Waals surface area (Å²) in [5.74, 6) is -2.06. The Hall–Kier alpha value is -3.04. The second kappa shape index (κ2) is 10.5. The molecule has 9 heteroatoms. The van der Waals surface area contributed by atoms with E-state index in [9.17, 15) is 14.4 Å². The average Bonchev–Trinajstić information content (AvgIpc) is 3.13. The molecule has 0 radical (unpaired) electrons. The molecule has 2 aromatic rings. The maximum absolute atomic E-state index is 10.8. The van der Waals surface area contributed by atoms with E-state index < -0.39 is 25.4 Å². The fourth-order valence-corrected chi connectivity index (χ4v) is 3.83. The van der Waals surface area contributed by atoms with Gasteiger partial charge in [-0.05, 0) is 31.5 Å². The summed E-state index contributed by atoms with van der Waals surface area (Å²) in [4.78, 5) is 32.1. The second-order valence-corrected chi connectivity index (χ2v) is 14.6. The zero-order chi connectivity index (χ0) is 23.9. The van der Waals surface area contributed by atoms with Crippen molar-refractivity contribution >= 4 is 37.2 Å². The van der Waals surface area contributed by atoms with Crippen LogP contribution in [0.3, 0.4) is 0 Å². The molecule has 1 atom stereocenters. The predicted octanol–water partition coefficient (Wildman–Crippen LogP) is 3.79. The number of aldehydes is 1. The van der Waals surface area contributed by atoms with E-state index in [1.54, 1.807) is 6.20 Å². The van der Waals surface area contributed by atoms with Gasteiger partial charge in [-0.1, -0.05) is 37.9 Å². The number of carboxylic acids is 2. The van der Waals surface area contributed by atoms with Crippen LogP contribution in [0.25, 0.3) is 10.9 Å². The highest BCUT2D eigenvalue weighted by Gasteiger charge is 2.34. The summed E-state index contributed by atoms with van der Waals surface area (Å²) >= 11 is 0. The number of rotatable bonds is 8. The van der Waals surface area contributed by atoms with Crippen LogP contribution in [-0.4, -0.2) is 59.1 Å². The second-order valence-electron chi connectivity index (χ2n) is 9.17. The lowest BCUT2D eigenvalue weighted by Gasteiger charge is -2.23. The number of carbonyl (C=O) groups excluding carboxylic acids is 1. The van der Waals surface area contributed by atoms with Gasteiger partial charge in [0.15, 0.2) is 0 Å². The van der Waals surface area contributed by atoms with Gasteiger partial charge in [-0.3, -0.25) is 14.3 Å². The fraction of sp³-hybridized carbons (Fsp3) is 0.391. The van der Waals surface area contributed by atoms with E-state index in [2.05, 4.69) is 24.7 Å². The summed E-state index contributed by atoms with van der Waals surface area (Å²) < 4.78 is 7.63. The topological polar surface area (TPSA) is 119 Å². The molecule has 1 heterocycles. The van der Waals surface area contributed by atoms with E-state index in [-0.39, 0.29) is 12.0 Å². The first-order valence-electron chi connectivity index (χ1n) is 10.3. The number of nitrogens with zero attached hydrogens (tertiary/aromatic N) is 2. The molecule has 0 bridgehead atoms. The van der Waals surface area contributed by atoms with E-state index in [1.807, 2.05) is 22.9 Å². The summed E-state index contributed by atoms with van der Waals surface area (Å²) in [6, 6.07) is 5.61. The number of hydrogen-bond acceptors (Lipinski definition) is 5. The van der Waals surface area contributed by atoms with Crippen molar-refractivity contribution < 1.29 is 29.3 Å². The van der Waals surface area contributed by atoms with Crippen LogP contribution in [-0.2, 0) is 20.9 Å². The Balaban J connectivity index is 0.000000244. The summed E-state index contributed by atoms with van der Waals surface area (Å²) in [5, 5.41) is 22.8. The predicted molar refractivity (Wildman–Crippen MR) is 125 cm³/mol. The van der Waals surface area contributed by atoms with Crippen molar-refractivity contribution in [2.24, 2.45) is 5.41 Å². The van der Waals surface area contributed by atoms with Crippen molar-refractivity contribution in [3.05, 3.63) is 53.8 Å². The van der Waals surface area contributed by atoms with Crippen LogP contribution in [0.1, 0.15) is 23.7 Å². The fourth-order valence-electron chi connectivity index (χ4n) is 3.07. The summed E-state index contributed by atoms with van der Waals surface area (Å²) in [5.41, 5.74) is 0.777. The van der Waals surface area contributed by atoms with Gasteiger partial charge < -0.3 is 14.9 Å². The zero-order valence-corrected chi connectivity index (χ0v) is 19.9. The molecular formula is C23H30N2O6Si. The minimum absolute atomic E-state index is 0.0359. The molecule has 0 spiro atoms. The third-order valence-electron chi connectivity index (χ3n) is 4.87. The normalized spacial score (nSPS) is 17.9. The van der Waals surface area contributed by atoms with Gasteiger partial charge in [-0.2, -0.15) is 5.10 Å². The number of hydrogen-bond donors (Lipinski definition) is 2. The molecule has 0 amide bonds. The summed E-state index contributed by atoms with van der Waals surface area (Å²) in [6.45, 7) is 9.79. The zero-order valence-electron chi connectivity index (χ0n) is 18.9. The third kappa shape index (κ3) is 6.99. The number of allylic oxidation sites excluding steroid dienone is 2. The number of carboxylic acid groups (broad SMARTS) is 2. The number of aromatic nitrogens is 2. The Kier molecular flexibility index (Phi) is 8.29. The Morgan fingerprint density at radius 2 is 2.00 bits per heavy atom. The number of benzene rings is 1. The molecule has 1 unspecified atom stereocenters. The highest BCUT2D eigenvalue weighted by atomic mass is 28.3. The molecule has 0 saturated heterocycles. The molecule has 1 aliphatic rings. The van der Waals surface area contributed by atoms with Crippen LogP contribution in [0, 0.1) is 5.41 Å². The monoisotopic (exact) mass is 458 g/mol. The smallest absolute Gasteiger partial charge is 0.331 e. The van der Waals surface area contributed by atoms with Crippen molar-refractivity contribution in [2.75, 3.05) is 12.8 Å². The molecule has 1 aromatic heterocycles.